The zero-order chi connectivity index (χ0) is 10.7. The first-order valence-corrected chi connectivity index (χ1v) is 3.73. The number of non-ortho nitro benzene ring substituents is 1. The number of nitrogen functional groups attached to an aromatic ring is 1. The Labute approximate surface area is 79.4 Å². The van der Waals surface area contributed by atoms with Gasteiger partial charge >= 0.3 is 5.97 Å². The lowest BCUT2D eigenvalue weighted by Crippen LogP contribution is -2.04. The maximum Gasteiger partial charge on any atom is 0.308 e. The van der Waals surface area contributed by atoms with Crippen molar-refractivity contribution in [2.24, 2.45) is 0 Å². The van der Waals surface area contributed by atoms with Gasteiger partial charge in [-0.25, -0.2) is 0 Å². The number of ether oxygens (including phenoxy) is 1. The molecular weight excluding hydrogens is 188 g/mol. The van der Waals surface area contributed by atoms with Gasteiger partial charge in [0.25, 0.3) is 5.69 Å². The number of nitro benzene ring substituents is 1. The molecule has 0 aliphatic rings. The van der Waals surface area contributed by atoms with Crippen LogP contribution in [0.5, 0.6) is 5.75 Å². The Morgan fingerprint density at radius 1 is 1.57 bits per heavy atom. The van der Waals surface area contributed by atoms with Gasteiger partial charge < -0.3 is 10.5 Å². The van der Waals surface area contributed by atoms with E-state index in [0.717, 1.165) is 6.07 Å². The second kappa shape index (κ2) is 3.73. The summed E-state index contributed by atoms with van der Waals surface area (Å²) in [5.41, 5.74) is 5.45. The van der Waals surface area contributed by atoms with E-state index in [1.54, 1.807) is 0 Å². The van der Waals surface area contributed by atoms with Gasteiger partial charge in [0.05, 0.1) is 16.7 Å². The van der Waals surface area contributed by atoms with Crippen LogP contribution < -0.4 is 10.5 Å². The molecule has 1 aromatic carbocycles. The van der Waals surface area contributed by atoms with Gasteiger partial charge in [-0.2, -0.15) is 0 Å². The third-order valence-electron chi connectivity index (χ3n) is 1.46. The Morgan fingerprint density at radius 2 is 2.21 bits per heavy atom. The normalized spacial score (nSPS) is 9.50. The van der Waals surface area contributed by atoms with E-state index in [1.165, 1.54) is 19.1 Å². The fraction of sp³-hybridized carbons (Fsp3) is 0.125. The average Bonchev–Trinajstić information content (AvgIpc) is 2.07. The van der Waals surface area contributed by atoms with Crippen LogP contribution in [0.3, 0.4) is 0 Å². The number of esters is 1. The van der Waals surface area contributed by atoms with Crippen LogP contribution in [-0.2, 0) is 4.79 Å². The minimum atomic E-state index is -0.591. The smallest absolute Gasteiger partial charge is 0.308 e. The summed E-state index contributed by atoms with van der Waals surface area (Å²) in [4.78, 5) is 20.4. The molecule has 0 bridgehead atoms. The molecule has 6 heteroatoms. The Bertz CT molecular complexity index is 389. The van der Waals surface area contributed by atoms with Crippen LogP contribution in [0, 0.1) is 10.1 Å². The highest BCUT2D eigenvalue weighted by Gasteiger charge is 2.11. The Balaban J connectivity index is 3.08. The van der Waals surface area contributed by atoms with Crippen LogP contribution in [0.1, 0.15) is 6.92 Å². The summed E-state index contributed by atoms with van der Waals surface area (Å²) < 4.78 is 4.67. The number of carbonyl (C=O) groups is 1. The van der Waals surface area contributed by atoms with E-state index in [4.69, 9.17) is 5.73 Å². The molecule has 1 rings (SSSR count). The second-order valence-electron chi connectivity index (χ2n) is 2.57. The van der Waals surface area contributed by atoms with E-state index in [-0.39, 0.29) is 17.1 Å². The number of nitro groups is 1. The maximum atomic E-state index is 10.6. The highest BCUT2D eigenvalue weighted by atomic mass is 16.6. The van der Waals surface area contributed by atoms with Gasteiger partial charge in [-0.1, -0.05) is 0 Å². The fourth-order valence-corrected chi connectivity index (χ4v) is 0.880. The summed E-state index contributed by atoms with van der Waals surface area (Å²) in [6.07, 6.45) is 0. The highest BCUT2D eigenvalue weighted by Crippen LogP contribution is 2.26. The van der Waals surface area contributed by atoms with Crippen molar-refractivity contribution in [3.05, 3.63) is 28.3 Å². The Hall–Kier alpha value is -2.11. The molecule has 1 aromatic rings. The molecule has 0 unspecified atom stereocenters. The molecule has 0 aromatic heterocycles. The predicted octanol–water partition coefficient (Wildman–Crippen LogP) is 1.10. The molecule has 0 heterocycles. The predicted molar refractivity (Wildman–Crippen MR) is 48.8 cm³/mol. The number of hydrogen-bond donors (Lipinski definition) is 1. The van der Waals surface area contributed by atoms with Gasteiger partial charge in [-0.05, 0) is 6.07 Å². The second-order valence-corrected chi connectivity index (χ2v) is 2.57. The van der Waals surface area contributed by atoms with Gasteiger partial charge in [-0.15, -0.1) is 0 Å². The molecule has 74 valence electrons. The molecule has 0 spiro atoms. The third-order valence-corrected chi connectivity index (χ3v) is 1.46. The topological polar surface area (TPSA) is 95.5 Å². The summed E-state index contributed by atoms with van der Waals surface area (Å²) in [6, 6.07) is 3.66. The fourth-order valence-electron chi connectivity index (χ4n) is 0.880. The molecule has 0 saturated heterocycles. The summed E-state index contributed by atoms with van der Waals surface area (Å²) in [6.45, 7) is 1.19. The van der Waals surface area contributed by atoms with Crippen LogP contribution in [0.15, 0.2) is 18.2 Å². The third kappa shape index (κ3) is 2.19. The van der Waals surface area contributed by atoms with Crippen LogP contribution in [0.4, 0.5) is 11.4 Å². The molecule has 0 radical (unpaired) electrons. The molecule has 0 atom stereocenters. The van der Waals surface area contributed by atoms with Crippen LogP contribution in [0.2, 0.25) is 0 Å². The van der Waals surface area contributed by atoms with Crippen molar-refractivity contribution in [3.63, 3.8) is 0 Å². The van der Waals surface area contributed by atoms with E-state index in [1.807, 2.05) is 0 Å². The van der Waals surface area contributed by atoms with Crippen molar-refractivity contribution in [3.8, 4) is 5.75 Å². The number of rotatable bonds is 2. The van der Waals surface area contributed by atoms with Crippen molar-refractivity contribution in [1.29, 1.82) is 0 Å². The standard InChI is InChI=1S/C8H8N2O4/c1-5(11)14-8-4-6(10(12)13)2-3-7(8)9/h2-4H,9H2,1H3. The van der Waals surface area contributed by atoms with Crippen LogP contribution in [-0.4, -0.2) is 10.9 Å². The van der Waals surface area contributed by atoms with Gasteiger partial charge in [0.15, 0.2) is 5.75 Å². The first kappa shape index (κ1) is 9.97. The Kier molecular flexibility index (Phi) is 2.66. The molecule has 0 saturated carbocycles. The first-order chi connectivity index (χ1) is 6.50. The van der Waals surface area contributed by atoms with Crippen molar-refractivity contribution < 1.29 is 14.5 Å². The van der Waals surface area contributed by atoms with E-state index in [2.05, 4.69) is 4.74 Å². The number of nitrogens with zero attached hydrogens (tertiary/aromatic N) is 1. The largest absolute Gasteiger partial charge is 0.424 e. The Morgan fingerprint density at radius 3 is 2.71 bits per heavy atom. The van der Waals surface area contributed by atoms with E-state index in [9.17, 15) is 14.9 Å². The minimum absolute atomic E-state index is 0.00620. The van der Waals surface area contributed by atoms with E-state index in [0.29, 0.717) is 0 Å². The monoisotopic (exact) mass is 196 g/mol. The number of nitrogens with two attached hydrogens (primary N) is 1. The van der Waals surface area contributed by atoms with Crippen LogP contribution >= 0.6 is 0 Å². The van der Waals surface area contributed by atoms with Crippen molar-refractivity contribution in [2.75, 3.05) is 5.73 Å². The van der Waals surface area contributed by atoms with Crippen molar-refractivity contribution >= 4 is 17.3 Å². The molecule has 0 fully saturated rings. The minimum Gasteiger partial charge on any atom is -0.424 e. The lowest BCUT2D eigenvalue weighted by atomic mass is 10.2. The van der Waals surface area contributed by atoms with Gasteiger partial charge in [0.2, 0.25) is 0 Å². The lowest BCUT2D eigenvalue weighted by molar-refractivity contribution is -0.384. The average molecular weight is 196 g/mol. The number of benzene rings is 1. The lowest BCUT2D eigenvalue weighted by Gasteiger charge is -2.03. The zero-order valence-corrected chi connectivity index (χ0v) is 7.39. The number of carbonyl (C=O) groups excluding carboxylic acids is 1. The zero-order valence-electron chi connectivity index (χ0n) is 7.39. The number of anilines is 1. The first-order valence-electron chi connectivity index (χ1n) is 3.73. The number of hydrogen-bond acceptors (Lipinski definition) is 5. The molecular formula is C8H8N2O4. The molecule has 0 aliphatic heterocycles. The molecule has 2 N–H and O–H groups in total. The van der Waals surface area contributed by atoms with E-state index >= 15 is 0 Å². The van der Waals surface area contributed by atoms with Crippen molar-refractivity contribution in [1.82, 2.24) is 0 Å². The van der Waals surface area contributed by atoms with Crippen molar-refractivity contribution in [2.45, 2.75) is 6.92 Å². The summed E-state index contributed by atoms with van der Waals surface area (Å²) in [5.74, 6) is -0.566. The molecule has 14 heavy (non-hydrogen) atoms. The van der Waals surface area contributed by atoms with Gasteiger partial charge in [-0.3, -0.25) is 14.9 Å². The quantitative estimate of drug-likeness (QED) is 0.251. The maximum absolute atomic E-state index is 10.6. The molecule has 0 aliphatic carbocycles. The summed E-state index contributed by atoms with van der Waals surface area (Å²) in [7, 11) is 0. The summed E-state index contributed by atoms with van der Waals surface area (Å²) >= 11 is 0. The summed E-state index contributed by atoms with van der Waals surface area (Å²) in [5, 5.41) is 10.4. The van der Waals surface area contributed by atoms with Gasteiger partial charge in [0, 0.05) is 13.0 Å². The van der Waals surface area contributed by atoms with Gasteiger partial charge in [0.1, 0.15) is 0 Å². The molecule has 6 nitrogen and oxygen atoms in total. The van der Waals surface area contributed by atoms with E-state index < -0.39 is 10.9 Å². The molecule has 0 amide bonds. The van der Waals surface area contributed by atoms with Crippen LogP contribution in [0.25, 0.3) is 0 Å². The SMILES string of the molecule is CC(=O)Oc1cc([N+](=O)[O-])ccc1N. The highest BCUT2D eigenvalue weighted by molar-refractivity contribution is 5.72.